The van der Waals surface area contributed by atoms with Gasteiger partial charge in [0.15, 0.2) is 0 Å². The molecule has 0 aromatic carbocycles. The summed E-state index contributed by atoms with van der Waals surface area (Å²) in [5, 5.41) is 0. The predicted octanol–water partition coefficient (Wildman–Crippen LogP) is 1.45. The maximum Gasteiger partial charge on any atom is 0.147 e. The van der Waals surface area contributed by atoms with Gasteiger partial charge in [0, 0.05) is 12.5 Å². The highest BCUT2D eigenvalue weighted by molar-refractivity contribution is 5.17. The van der Waals surface area contributed by atoms with Crippen molar-refractivity contribution in [3.8, 4) is 11.8 Å². The predicted molar refractivity (Wildman–Crippen MR) is 47.8 cm³/mol. The first-order valence-corrected chi connectivity index (χ1v) is 4.20. The van der Waals surface area contributed by atoms with Crippen molar-refractivity contribution >= 4 is 0 Å². The highest BCUT2D eigenvalue weighted by Gasteiger charge is 2.37. The van der Waals surface area contributed by atoms with E-state index < -0.39 is 0 Å². The summed E-state index contributed by atoms with van der Waals surface area (Å²) >= 11 is 0. The Balaban J connectivity index is 2.30. The molecule has 2 nitrogen and oxygen atoms in total. The lowest BCUT2D eigenvalue weighted by Gasteiger charge is -2.06. The van der Waals surface area contributed by atoms with Crippen LogP contribution < -0.4 is 0 Å². The van der Waals surface area contributed by atoms with Gasteiger partial charge in [0.25, 0.3) is 0 Å². The van der Waals surface area contributed by atoms with Gasteiger partial charge in [-0.1, -0.05) is 11.8 Å². The Hall–Kier alpha value is -0.520. The fourth-order valence-corrected chi connectivity index (χ4v) is 0.849. The Morgan fingerprint density at radius 2 is 2.08 bits per heavy atom. The summed E-state index contributed by atoms with van der Waals surface area (Å²) in [7, 11) is 1.68. The molecule has 0 aromatic heterocycles. The molecular weight excluding hydrogens is 152 g/mol. The smallest absolute Gasteiger partial charge is 0.147 e. The third-order valence-corrected chi connectivity index (χ3v) is 1.50. The molecule has 0 radical (unpaired) electrons. The highest BCUT2D eigenvalue weighted by atomic mass is 16.6. The van der Waals surface area contributed by atoms with Crippen LogP contribution in [0.2, 0.25) is 0 Å². The summed E-state index contributed by atoms with van der Waals surface area (Å²) in [4.78, 5) is 0. The molecule has 0 saturated carbocycles. The molecule has 12 heavy (non-hydrogen) atoms. The van der Waals surface area contributed by atoms with E-state index >= 15 is 0 Å². The van der Waals surface area contributed by atoms with Gasteiger partial charge in [0.2, 0.25) is 0 Å². The molecule has 2 heteroatoms. The molecule has 1 heterocycles. The molecule has 0 aromatic rings. The molecular formula is C10H16O2. The van der Waals surface area contributed by atoms with Gasteiger partial charge in [-0.25, -0.2) is 0 Å². The summed E-state index contributed by atoms with van der Waals surface area (Å²) in [5.41, 5.74) is 0.0730. The zero-order chi connectivity index (χ0) is 9.19. The van der Waals surface area contributed by atoms with Crippen LogP contribution in [0.5, 0.6) is 0 Å². The van der Waals surface area contributed by atoms with E-state index in [9.17, 15) is 0 Å². The first-order chi connectivity index (χ1) is 5.53. The largest absolute Gasteiger partial charge is 0.382 e. The lowest BCUT2D eigenvalue weighted by Crippen LogP contribution is -2.03. The molecule has 1 aliphatic rings. The maximum atomic E-state index is 5.25. The van der Waals surface area contributed by atoms with Gasteiger partial charge >= 0.3 is 0 Å². The van der Waals surface area contributed by atoms with Crippen molar-refractivity contribution in [2.45, 2.75) is 33.0 Å². The van der Waals surface area contributed by atoms with Gasteiger partial charge in [-0.15, -0.1) is 0 Å². The molecule has 2 atom stereocenters. The third-order valence-electron chi connectivity index (χ3n) is 1.50. The lowest BCUT2D eigenvalue weighted by atomic mass is 9.98. The molecule has 1 rings (SSSR count). The van der Waals surface area contributed by atoms with Crippen LogP contribution in [-0.2, 0) is 9.47 Å². The second-order valence-corrected chi connectivity index (χ2v) is 4.07. The Kier molecular flexibility index (Phi) is 2.76. The van der Waals surface area contributed by atoms with Crippen LogP contribution in [0.25, 0.3) is 0 Å². The molecule has 0 spiro atoms. The zero-order valence-electron chi connectivity index (χ0n) is 8.18. The monoisotopic (exact) mass is 168 g/mol. The Morgan fingerprint density at radius 1 is 1.42 bits per heavy atom. The van der Waals surface area contributed by atoms with Gasteiger partial charge in [-0.3, -0.25) is 0 Å². The number of rotatable bonds is 2. The van der Waals surface area contributed by atoms with Crippen molar-refractivity contribution in [3.05, 3.63) is 0 Å². The van der Waals surface area contributed by atoms with Gasteiger partial charge in [-0.05, 0) is 20.8 Å². The van der Waals surface area contributed by atoms with E-state index in [2.05, 4.69) is 32.6 Å². The van der Waals surface area contributed by atoms with Crippen molar-refractivity contribution in [1.82, 2.24) is 0 Å². The van der Waals surface area contributed by atoms with E-state index in [0.717, 1.165) is 0 Å². The van der Waals surface area contributed by atoms with Gasteiger partial charge in [0.1, 0.15) is 12.2 Å². The molecule has 1 saturated heterocycles. The SMILES string of the molecule is COC[C@H]1O[C@H]1C#CC(C)(C)C. The zero-order valence-corrected chi connectivity index (χ0v) is 8.18. The van der Waals surface area contributed by atoms with Crippen molar-refractivity contribution in [1.29, 1.82) is 0 Å². The molecule has 68 valence electrons. The number of hydrogen-bond donors (Lipinski definition) is 0. The fraction of sp³-hybridized carbons (Fsp3) is 0.800. The van der Waals surface area contributed by atoms with Crippen molar-refractivity contribution in [2.75, 3.05) is 13.7 Å². The van der Waals surface area contributed by atoms with E-state index in [1.807, 2.05) is 0 Å². The van der Waals surface area contributed by atoms with Crippen LogP contribution in [0.1, 0.15) is 20.8 Å². The van der Waals surface area contributed by atoms with Crippen LogP contribution >= 0.6 is 0 Å². The van der Waals surface area contributed by atoms with Crippen molar-refractivity contribution < 1.29 is 9.47 Å². The van der Waals surface area contributed by atoms with Crippen LogP contribution in [0, 0.1) is 17.3 Å². The topological polar surface area (TPSA) is 21.8 Å². The minimum absolute atomic E-state index is 0.0730. The molecule has 0 bridgehead atoms. The summed E-state index contributed by atoms with van der Waals surface area (Å²) < 4.78 is 10.2. The first kappa shape index (κ1) is 9.57. The van der Waals surface area contributed by atoms with Crippen LogP contribution in [0.15, 0.2) is 0 Å². The summed E-state index contributed by atoms with van der Waals surface area (Å²) in [5.74, 6) is 6.22. The summed E-state index contributed by atoms with van der Waals surface area (Å²) in [6.45, 7) is 6.93. The second-order valence-electron chi connectivity index (χ2n) is 4.07. The number of hydrogen-bond acceptors (Lipinski definition) is 2. The second kappa shape index (κ2) is 3.47. The minimum Gasteiger partial charge on any atom is -0.382 e. The number of ether oxygens (including phenoxy) is 2. The average Bonchev–Trinajstić information content (AvgIpc) is 2.63. The molecule has 0 aliphatic carbocycles. The fourth-order valence-electron chi connectivity index (χ4n) is 0.849. The van der Waals surface area contributed by atoms with Crippen LogP contribution in [-0.4, -0.2) is 25.9 Å². The summed E-state index contributed by atoms with van der Waals surface area (Å²) in [6.07, 6.45) is 0.328. The van der Waals surface area contributed by atoms with Crippen LogP contribution in [0.3, 0.4) is 0 Å². The number of epoxide rings is 1. The van der Waals surface area contributed by atoms with Gasteiger partial charge < -0.3 is 9.47 Å². The van der Waals surface area contributed by atoms with E-state index in [4.69, 9.17) is 9.47 Å². The standard InChI is InChI=1S/C10H16O2/c1-10(2,3)6-5-8-9(12-8)7-11-4/h8-9H,7H2,1-4H3/t8-,9+/m0/s1. The normalized spacial score (nSPS) is 27.7. The lowest BCUT2D eigenvalue weighted by molar-refractivity contribution is 0.171. The quantitative estimate of drug-likeness (QED) is 0.460. The summed E-state index contributed by atoms with van der Waals surface area (Å²) in [6, 6.07) is 0. The maximum absolute atomic E-state index is 5.25. The highest BCUT2D eigenvalue weighted by Crippen LogP contribution is 2.22. The Bertz CT molecular complexity index is 204. The van der Waals surface area contributed by atoms with Gasteiger partial charge in [0.05, 0.1) is 6.61 Å². The molecule has 0 unspecified atom stereocenters. The van der Waals surface area contributed by atoms with Crippen molar-refractivity contribution in [3.63, 3.8) is 0 Å². The van der Waals surface area contributed by atoms with E-state index in [1.54, 1.807) is 7.11 Å². The van der Waals surface area contributed by atoms with E-state index in [1.165, 1.54) is 0 Å². The molecule has 0 N–H and O–H groups in total. The van der Waals surface area contributed by atoms with Crippen molar-refractivity contribution in [2.24, 2.45) is 5.41 Å². The molecule has 1 fully saturated rings. The molecule has 1 aliphatic heterocycles. The number of methoxy groups -OCH3 is 1. The third kappa shape index (κ3) is 3.25. The van der Waals surface area contributed by atoms with Crippen LogP contribution in [0.4, 0.5) is 0 Å². The Morgan fingerprint density at radius 3 is 2.58 bits per heavy atom. The minimum atomic E-state index is 0.0730. The molecule has 0 amide bonds. The first-order valence-electron chi connectivity index (χ1n) is 4.20. The Labute approximate surface area is 74.2 Å². The van der Waals surface area contributed by atoms with E-state index in [0.29, 0.717) is 6.61 Å². The van der Waals surface area contributed by atoms with Gasteiger partial charge in [-0.2, -0.15) is 0 Å². The average molecular weight is 168 g/mol. The van der Waals surface area contributed by atoms with E-state index in [-0.39, 0.29) is 17.6 Å².